The summed E-state index contributed by atoms with van der Waals surface area (Å²) in [5, 5.41) is 8.30. The van der Waals surface area contributed by atoms with E-state index in [1.54, 1.807) is 0 Å². The Kier molecular flexibility index (Phi) is 6.61. The first-order valence-electron chi connectivity index (χ1n) is 4.11. The Labute approximate surface area is 93.2 Å². The Balaban J connectivity index is 3.86. The van der Waals surface area contributed by atoms with Crippen LogP contribution < -0.4 is 0 Å². The van der Waals surface area contributed by atoms with Gasteiger partial charge in [-0.15, -0.1) is 0 Å². The number of nitriles is 1. The molecule has 0 bridgehead atoms. The normalized spacial score (nSPS) is 10.6. The third-order valence-corrected chi connectivity index (χ3v) is 2.79. The predicted octanol–water partition coefficient (Wildman–Crippen LogP) is 1.03. The molecule has 0 aromatic rings. The van der Waals surface area contributed by atoms with E-state index < -0.39 is 13.8 Å². The zero-order chi connectivity index (χ0) is 12.6. The van der Waals surface area contributed by atoms with Gasteiger partial charge in [0.25, 0.3) is 0 Å². The lowest BCUT2D eigenvalue weighted by molar-refractivity contribution is -0.139. The van der Waals surface area contributed by atoms with Gasteiger partial charge in [-0.3, -0.25) is 13.6 Å². The maximum absolute atomic E-state index is 11.3. The Bertz CT molecular complexity index is 339. The number of hydrogen-bond acceptors (Lipinski definition) is 7. The average molecular weight is 249 g/mol. The minimum Gasteiger partial charge on any atom is -0.459 e. The Morgan fingerprint density at radius 1 is 1.38 bits per heavy atom. The molecule has 0 saturated heterocycles. The second-order valence-electron chi connectivity index (χ2n) is 2.37. The summed E-state index contributed by atoms with van der Waals surface area (Å²) in [6.45, 7) is 2.79. The Hall–Kier alpha value is -1.19. The minimum atomic E-state index is -3.55. The lowest BCUT2D eigenvalue weighted by Gasteiger charge is -2.12. The molecule has 0 fully saturated rings. The lowest BCUT2D eigenvalue weighted by Crippen LogP contribution is -2.11. The van der Waals surface area contributed by atoms with E-state index in [0.29, 0.717) is 0 Å². The van der Waals surface area contributed by atoms with Crippen molar-refractivity contribution in [3.63, 3.8) is 0 Å². The fourth-order valence-corrected chi connectivity index (χ4v) is 1.25. The second kappa shape index (κ2) is 7.14. The summed E-state index contributed by atoms with van der Waals surface area (Å²) in [7, 11) is -1.23. The lowest BCUT2D eigenvalue weighted by atomic mass is 10.3. The van der Waals surface area contributed by atoms with Crippen molar-refractivity contribution in [3.8, 4) is 6.07 Å². The number of nitrogens with zero attached hydrogens (tertiary/aromatic N) is 1. The summed E-state index contributed by atoms with van der Waals surface area (Å²) < 4.78 is 29.5. The van der Waals surface area contributed by atoms with Crippen LogP contribution in [0.4, 0.5) is 0 Å². The summed E-state index contributed by atoms with van der Waals surface area (Å²) in [6, 6.07) is 1.53. The summed E-state index contributed by atoms with van der Waals surface area (Å²) in [5.41, 5.74) is -0.318. The first kappa shape index (κ1) is 14.8. The molecule has 0 atom stereocenters. The van der Waals surface area contributed by atoms with Crippen molar-refractivity contribution in [2.45, 2.75) is 0 Å². The van der Waals surface area contributed by atoms with Crippen LogP contribution in [0.1, 0.15) is 0 Å². The van der Waals surface area contributed by atoms with E-state index in [2.05, 4.69) is 20.4 Å². The summed E-state index contributed by atoms with van der Waals surface area (Å²) in [5.74, 6) is -0.851. The highest BCUT2D eigenvalue weighted by Crippen LogP contribution is 2.47. The van der Waals surface area contributed by atoms with Crippen molar-refractivity contribution < 1.29 is 27.7 Å². The van der Waals surface area contributed by atoms with Crippen LogP contribution >= 0.6 is 7.82 Å². The summed E-state index contributed by atoms with van der Waals surface area (Å²) >= 11 is 0. The molecule has 0 heterocycles. The second-order valence-corrected chi connectivity index (χ2v) is 4.25. The molecule has 0 aromatic carbocycles. The van der Waals surface area contributed by atoms with Crippen molar-refractivity contribution in [2.75, 3.05) is 27.4 Å². The maximum Gasteiger partial charge on any atom is 0.474 e. The zero-order valence-corrected chi connectivity index (χ0v) is 9.86. The van der Waals surface area contributed by atoms with Crippen molar-refractivity contribution in [1.82, 2.24) is 0 Å². The van der Waals surface area contributed by atoms with E-state index in [1.807, 2.05) is 0 Å². The SMILES string of the molecule is C=C(C#N)C(=O)OCCOP(=O)(OC)OC. The predicted molar refractivity (Wildman–Crippen MR) is 53.3 cm³/mol. The quantitative estimate of drug-likeness (QED) is 0.218. The molecule has 16 heavy (non-hydrogen) atoms. The standard InChI is InChI=1S/C8H12NO6P/c1-7(6-9)8(10)14-4-5-15-16(11,12-2)13-3/h1,4-5H2,2-3H3. The highest BCUT2D eigenvalue weighted by molar-refractivity contribution is 7.48. The van der Waals surface area contributed by atoms with Crippen molar-refractivity contribution in [1.29, 1.82) is 5.26 Å². The topological polar surface area (TPSA) is 94.9 Å². The maximum atomic E-state index is 11.3. The molecule has 7 nitrogen and oxygen atoms in total. The van der Waals surface area contributed by atoms with E-state index in [1.165, 1.54) is 6.07 Å². The molecule has 0 aliphatic carbocycles. The van der Waals surface area contributed by atoms with Crippen LogP contribution in [0.3, 0.4) is 0 Å². The summed E-state index contributed by atoms with van der Waals surface area (Å²) in [6.07, 6.45) is 0. The third-order valence-electron chi connectivity index (χ3n) is 1.39. The molecule has 90 valence electrons. The summed E-state index contributed by atoms with van der Waals surface area (Å²) in [4.78, 5) is 10.9. The number of hydrogen-bond donors (Lipinski definition) is 0. The van der Waals surface area contributed by atoms with Gasteiger partial charge in [-0.2, -0.15) is 5.26 Å². The van der Waals surface area contributed by atoms with Gasteiger partial charge in [-0.05, 0) is 0 Å². The largest absolute Gasteiger partial charge is 0.474 e. The van der Waals surface area contributed by atoms with Gasteiger partial charge in [-0.25, -0.2) is 9.36 Å². The van der Waals surface area contributed by atoms with E-state index in [0.717, 1.165) is 14.2 Å². The number of carbonyl (C=O) groups excluding carboxylic acids is 1. The number of carbonyl (C=O) groups is 1. The molecule has 8 heteroatoms. The van der Waals surface area contributed by atoms with E-state index in [-0.39, 0.29) is 18.8 Å². The van der Waals surface area contributed by atoms with Crippen molar-refractivity contribution in [3.05, 3.63) is 12.2 Å². The molecular formula is C8H12NO6P. The molecule has 0 N–H and O–H groups in total. The van der Waals surface area contributed by atoms with Gasteiger partial charge >= 0.3 is 13.8 Å². The Morgan fingerprint density at radius 2 is 1.94 bits per heavy atom. The fraction of sp³-hybridized carbons (Fsp3) is 0.500. The fourth-order valence-electron chi connectivity index (χ4n) is 0.596. The molecule has 0 amide bonds. The van der Waals surface area contributed by atoms with Crippen LogP contribution in [0.5, 0.6) is 0 Å². The first-order chi connectivity index (χ1) is 7.49. The Morgan fingerprint density at radius 3 is 2.38 bits per heavy atom. The minimum absolute atomic E-state index is 0.177. The molecular weight excluding hydrogens is 237 g/mol. The molecule has 0 aromatic heterocycles. The van der Waals surface area contributed by atoms with Gasteiger partial charge in [-0.1, -0.05) is 6.58 Å². The molecule has 0 radical (unpaired) electrons. The van der Waals surface area contributed by atoms with E-state index in [9.17, 15) is 9.36 Å². The monoisotopic (exact) mass is 249 g/mol. The van der Waals surface area contributed by atoms with Gasteiger partial charge in [0.15, 0.2) is 0 Å². The number of rotatable bonds is 7. The smallest absolute Gasteiger partial charge is 0.459 e. The molecule has 0 aliphatic heterocycles. The average Bonchev–Trinajstić information content (AvgIpc) is 2.32. The van der Waals surface area contributed by atoms with Gasteiger partial charge in [0.2, 0.25) is 0 Å². The zero-order valence-electron chi connectivity index (χ0n) is 8.97. The number of phosphoric acid groups is 1. The van der Waals surface area contributed by atoms with Crippen LogP contribution in [0.2, 0.25) is 0 Å². The van der Waals surface area contributed by atoms with Crippen molar-refractivity contribution >= 4 is 13.8 Å². The van der Waals surface area contributed by atoms with Gasteiger partial charge in [0.05, 0.1) is 6.61 Å². The van der Waals surface area contributed by atoms with Crippen LogP contribution in [0, 0.1) is 11.3 Å². The number of ether oxygens (including phenoxy) is 1. The third kappa shape index (κ3) is 5.05. The molecule has 0 rings (SSSR count). The van der Waals surface area contributed by atoms with Gasteiger partial charge in [0, 0.05) is 14.2 Å². The van der Waals surface area contributed by atoms with Crippen molar-refractivity contribution in [2.24, 2.45) is 0 Å². The molecule has 0 spiro atoms. The molecule has 0 unspecified atom stereocenters. The number of phosphoric ester groups is 1. The molecule has 0 aliphatic rings. The van der Waals surface area contributed by atoms with Crippen LogP contribution in [0.15, 0.2) is 12.2 Å². The highest BCUT2D eigenvalue weighted by Gasteiger charge is 2.22. The van der Waals surface area contributed by atoms with Crippen LogP contribution in [-0.2, 0) is 27.7 Å². The van der Waals surface area contributed by atoms with Crippen LogP contribution in [-0.4, -0.2) is 33.4 Å². The highest BCUT2D eigenvalue weighted by atomic mass is 31.2. The van der Waals surface area contributed by atoms with Crippen LogP contribution in [0.25, 0.3) is 0 Å². The van der Waals surface area contributed by atoms with E-state index in [4.69, 9.17) is 9.79 Å². The van der Waals surface area contributed by atoms with E-state index >= 15 is 0 Å². The first-order valence-corrected chi connectivity index (χ1v) is 5.57. The van der Waals surface area contributed by atoms with Gasteiger partial charge < -0.3 is 4.74 Å². The molecule has 0 saturated carbocycles. The van der Waals surface area contributed by atoms with Gasteiger partial charge in [0.1, 0.15) is 18.2 Å². The number of esters is 1.